The summed E-state index contributed by atoms with van der Waals surface area (Å²) in [5.74, 6) is 0.908. The molecule has 2 unspecified atom stereocenters. The van der Waals surface area contributed by atoms with Gasteiger partial charge in [0, 0.05) is 11.6 Å². The molecule has 0 aliphatic carbocycles. The zero-order chi connectivity index (χ0) is 14.2. The number of nitrogens with zero attached hydrogens (tertiary/aromatic N) is 1. The number of benzene rings is 2. The van der Waals surface area contributed by atoms with E-state index in [0.29, 0.717) is 6.61 Å². The van der Waals surface area contributed by atoms with Gasteiger partial charge in [-0.1, -0.05) is 42.1 Å². The van der Waals surface area contributed by atoms with Gasteiger partial charge in [-0.3, -0.25) is 0 Å². The van der Waals surface area contributed by atoms with Crippen molar-refractivity contribution in [2.45, 2.75) is 15.6 Å². The summed E-state index contributed by atoms with van der Waals surface area (Å²) in [5, 5.41) is 0.195. The second-order valence-electron chi connectivity index (χ2n) is 4.98. The molecule has 0 bridgehead atoms. The first-order chi connectivity index (χ1) is 10.3. The molecule has 0 amide bonds. The van der Waals surface area contributed by atoms with Crippen LogP contribution in [0.3, 0.4) is 0 Å². The van der Waals surface area contributed by atoms with Crippen molar-refractivity contribution in [3.05, 3.63) is 54.1 Å². The molecule has 0 saturated heterocycles. The third-order valence-electron chi connectivity index (χ3n) is 3.61. The summed E-state index contributed by atoms with van der Waals surface area (Å²) in [6.07, 6.45) is 0. The molecule has 2 aromatic carbocycles. The standard InChI is InChI=1S/C16H14N2OS2/c17-15-10-5-1-3-7-12(10)19-9-14(15)21-16-18-11-6-2-4-8-13(11)20-16/h1-8,14-15H,9,17H2. The van der Waals surface area contributed by atoms with Crippen molar-refractivity contribution in [2.24, 2.45) is 5.73 Å². The van der Waals surface area contributed by atoms with Crippen LogP contribution >= 0.6 is 23.1 Å². The Morgan fingerprint density at radius 3 is 2.86 bits per heavy atom. The molecule has 2 heterocycles. The summed E-state index contributed by atoms with van der Waals surface area (Å²) in [7, 11) is 0. The molecule has 0 fully saturated rings. The molecule has 2 atom stereocenters. The summed E-state index contributed by atoms with van der Waals surface area (Å²) in [6, 6.07) is 16.2. The molecular weight excluding hydrogens is 300 g/mol. The number of thiazole rings is 1. The van der Waals surface area contributed by atoms with Gasteiger partial charge in [0.05, 0.1) is 15.5 Å². The SMILES string of the molecule is NC1c2ccccc2OCC1Sc1nc2ccccc2s1. The van der Waals surface area contributed by atoms with E-state index in [-0.39, 0.29) is 11.3 Å². The number of nitrogens with two attached hydrogens (primary N) is 1. The zero-order valence-electron chi connectivity index (χ0n) is 11.2. The Morgan fingerprint density at radius 2 is 1.95 bits per heavy atom. The fraction of sp³-hybridized carbons (Fsp3) is 0.188. The van der Waals surface area contributed by atoms with Crippen LogP contribution in [0.15, 0.2) is 52.9 Å². The summed E-state index contributed by atoms with van der Waals surface area (Å²) in [6.45, 7) is 0.624. The van der Waals surface area contributed by atoms with Crippen molar-refractivity contribution < 1.29 is 4.74 Å². The molecule has 1 aliphatic rings. The largest absolute Gasteiger partial charge is 0.492 e. The van der Waals surface area contributed by atoms with Gasteiger partial charge in [-0.15, -0.1) is 11.3 Å². The molecule has 2 N–H and O–H groups in total. The lowest BCUT2D eigenvalue weighted by Gasteiger charge is -2.30. The van der Waals surface area contributed by atoms with Crippen LogP contribution < -0.4 is 10.5 Å². The van der Waals surface area contributed by atoms with Gasteiger partial charge in [-0.2, -0.15) is 0 Å². The molecule has 5 heteroatoms. The maximum atomic E-state index is 6.41. The summed E-state index contributed by atoms with van der Waals surface area (Å²) < 4.78 is 8.10. The Morgan fingerprint density at radius 1 is 1.14 bits per heavy atom. The zero-order valence-corrected chi connectivity index (χ0v) is 12.9. The van der Waals surface area contributed by atoms with Gasteiger partial charge in [-0.05, 0) is 18.2 Å². The molecule has 0 saturated carbocycles. The van der Waals surface area contributed by atoms with E-state index in [0.717, 1.165) is 21.2 Å². The predicted molar refractivity (Wildman–Crippen MR) is 88.1 cm³/mol. The number of fused-ring (bicyclic) bond motifs is 2. The maximum absolute atomic E-state index is 6.41. The minimum atomic E-state index is -0.0213. The lowest BCUT2D eigenvalue weighted by atomic mass is 10.0. The van der Waals surface area contributed by atoms with Crippen LogP contribution in [0.4, 0.5) is 0 Å². The van der Waals surface area contributed by atoms with Gasteiger partial charge in [0.2, 0.25) is 0 Å². The van der Waals surface area contributed by atoms with E-state index in [2.05, 4.69) is 11.1 Å². The fourth-order valence-electron chi connectivity index (χ4n) is 2.50. The van der Waals surface area contributed by atoms with Gasteiger partial charge in [0.15, 0.2) is 4.34 Å². The normalized spacial score (nSPS) is 21.0. The number of hydrogen-bond acceptors (Lipinski definition) is 5. The van der Waals surface area contributed by atoms with E-state index in [1.807, 2.05) is 42.5 Å². The smallest absolute Gasteiger partial charge is 0.151 e. The minimum Gasteiger partial charge on any atom is -0.492 e. The lowest BCUT2D eigenvalue weighted by molar-refractivity contribution is 0.276. The summed E-state index contributed by atoms with van der Waals surface area (Å²) in [4.78, 5) is 4.67. The van der Waals surface area contributed by atoms with Gasteiger partial charge in [0.25, 0.3) is 0 Å². The van der Waals surface area contributed by atoms with E-state index in [1.54, 1.807) is 23.1 Å². The first kappa shape index (κ1) is 13.1. The van der Waals surface area contributed by atoms with Crippen molar-refractivity contribution in [1.29, 1.82) is 0 Å². The number of thioether (sulfide) groups is 1. The Bertz CT molecular complexity index is 754. The van der Waals surface area contributed by atoms with Gasteiger partial charge >= 0.3 is 0 Å². The van der Waals surface area contributed by atoms with Crippen LogP contribution in [-0.2, 0) is 0 Å². The third-order valence-corrected chi connectivity index (χ3v) is 6.00. The van der Waals surface area contributed by atoms with Crippen LogP contribution in [0.5, 0.6) is 5.75 Å². The highest BCUT2D eigenvalue weighted by atomic mass is 32.2. The number of para-hydroxylation sites is 2. The molecule has 3 aromatic rings. The summed E-state index contributed by atoms with van der Waals surface area (Å²) in [5.41, 5.74) is 8.55. The van der Waals surface area contributed by atoms with E-state index in [4.69, 9.17) is 10.5 Å². The van der Waals surface area contributed by atoms with Crippen LogP contribution in [0.1, 0.15) is 11.6 Å². The predicted octanol–water partition coefficient (Wildman–Crippen LogP) is 3.85. The van der Waals surface area contributed by atoms with E-state index < -0.39 is 0 Å². The van der Waals surface area contributed by atoms with Crippen molar-refractivity contribution in [1.82, 2.24) is 4.98 Å². The van der Waals surface area contributed by atoms with Gasteiger partial charge < -0.3 is 10.5 Å². The second kappa shape index (κ2) is 5.33. The van der Waals surface area contributed by atoms with Crippen LogP contribution in [0.2, 0.25) is 0 Å². The van der Waals surface area contributed by atoms with Crippen molar-refractivity contribution in [2.75, 3.05) is 6.61 Å². The maximum Gasteiger partial charge on any atom is 0.151 e. The van der Waals surface area contributed by atoms with E-state index in [1.165, 1.54) is 4.70 Å². The van der Waals surface area contributed by atoms with Crippen molar-refractivity contribution >= 4 is 33.3 Å². The highest BCUT2D eigenvalue weighted by Crippen LogP contribution is 2.40. The fourth-order valence-corrected chi connectivity index (χ4v) is 4.87. The van der Waals surface area contributed by atoms with Gasteiger partial charge in [0.1, 0.15) is 12.4 Å². The van der Waals surface area contributed by atoms with Crippen LogP contribution in [-0.4, -0.2) is 16.8 Å². The first-order valence-corrected chi connectivity index (χ1v) is 8.50. The van der Waals surface area contributed by atoms with Gasteiger partial charge in [-0.25, -0.2) is 4.98 Å². The minimum absolute atomic E-state index is 0.0213. The Kier molecular flexibility index (Phi) is 3.33. The lowest BCUT2D eigenvalue weighted by Crippen LogP contribution is -2.33. The third kappa shape index (κ3) is 2.41. The van der Waals surface area contributed by atoms with E-state index in [9.17, 15) is 0 Å². The first-order valence-electron chi connectivity index (χ1n) is 6.81. The molecule has 21 heavy (non-hydrogen) atoms. The number of hydrogen-bond donors (Lipinski definition) is 1. The molecule has 106 valence electrons. The quantitative estimate of drug-likeness (QED) is 0.780. The molecule has 0 radical (unpaired) electrons. The number of aromatic nitrogens is 1. The Hall–Kier alpha value is -1.56. The Balaban J connectivity index is 1.60. The second-order valence-corrected chi connectivity index (χ2v) is 7.50. The molecule has 3 nitrogen and oxygen atoms in total. The topological polar surface area (TPSA) is 48.1 Å². The molecule has 0 spiro atoms. The van der Waals surface area contributed by atoms with Crippen LogP contribution in [0.25, 0.3) is 10.2 Å². The molecular formula is C16H14N2OS2. The average molecular weight is 314 g/mol. The molecule has 1 aromatic heterocycles. The molecule has 4 rings (SSSR count). The average Bonchev–Trinajstić information content (AvgIpc) is 2.93. The van der Waals surface area contributed by atoms with Crippen molar-refractivity contribution in [3.63, 3.8) is 0 Å². The number of ether oxygens (including phenoxy) is 1. The van der Waals surface area contributed by atoms with E-state index >= 15 is 0 Å². The highest BCUT2D eigenvalue weighted by molar-refractivity contribution is 8.01. The Labute approximate surface area is 131 Å². The monoisotopic (exact) mass is 314 g/mol. The highest BCUT2D eigenvalue weighted by Gasteiger charge is 2.29. The number of rotatable bonds is 2. The van der Waals surface area contributed by atoms with Crippen LogP contribution in [0, 0.1) is 0 Å². The summed E-state index contributed by atoms with van der Waals surface area (Å²) >= 11 is 3.43. The molecule has 1 aliphatic heterocycles. The van der Waals surface area contributed by atoms with Crippen molar-refractivity contribution in [3.8, 4) is 5.75 Å².